The van der Waals surface area contributed by atoms with Gasteiger partial charge in [0.2, 0.25) is 0 Å². The first-order chi connectivity index (χ1) is 10.3. The molecule has 0 aliphatic rings. The minimum absolute atomic E-state index is 0.358. The molecule has 2 aromatic carbocycles. The van der Waals surface area contributed by atoms with E-state index in [9.17, 15) is 0 Å². The van der Waals surface area contributed by atoms with Crippen LogP contribution in [0.4, 0.5) is 0 Å². The Hall–Kier alpha value is -2.13. The summed E-state index contributed by atoms with van der Waals surface area (Å²) in [5, 5.41) is 10.3. The van der Waals surface area contributed by atoms with Gasteiger partial charge in [0.15, 0.2) is 0 Å². The van der Waals surface area contributed by atoms with E-state index >= 15 is 0 Å². The number of aryl methyl sites for hydroxylation is 2. The quantitative estimate of drug-likeness (QED) is 0.775. The average molecular weight is 279 g/mol. The monoisotopic (exact) mass is 279 g/mol. The fourth-order valence-electron chi connectivity index (χ4n) is 2.92. The lowest BCUT2D eigenvalue weighted by atomic mass is 9.95. The van der Waals surface area contributed by atoms with Gasteiger partial charge in [-0.05, 0) is 41.8 Å². The van der Waals surface area contributed by atoms with Crippen molar-refractivity contribution in [2.75, 3.05) is 7.05 Å². The Morgan fingerprint density at radius 3 is 2.71 bits per heavy atom. The van der Waals surface area contributed by atoms with E-state index in [2.05, 4.69) is 59.1 Å². The first kappa shape index (κ1) is 13.8. The molecule has 3 aromatic rings. The Balaban J connectivity index is 1.84. The number of nitrogens with zero attached hydrogens (tertiary/aromatic N) is 2. The number of hydrogen-bond acceptors (Lipinski definition) is 2. The van der Waals surface area contributed by atoms with E-state index in [1.807, 2.05) is 25.0 Å². The van der Waals surface area contributed by atoms with Gasteiger partial charge in [0.25, 0.3) is 0 Å². The molecule has 0 aliphatic heterocycles. The van der Waals surface area contributed by atoms with Crippen LogP contribution in [0.25, 0.3) is 10.8 Å². The van der Waals surface area contributed by atoms with Crippen molar-refractivity contribution < 1.29 is 0 Å². The molecule has 0 saturated carbocycles. The molecule has 3 nitrogen and oxygen atoms in total. The highest BCUT2D eigenvalue weighted by atomic mass is 15.2. The zero-order valence-electron chi connectivity index (χ0n) is 12.6. The Bertz CT molecular complexity index is 725. The number of nitrogens with one attached hydrogen (secondary N) is 1. The van der Waals surface area contributed by atoms with Gasteiger partial charge < -0.3 is 5.32 Å². The molecule has 21 heavy (non-hydrogen) atoms. The number of aromatic nitrogens is 2. The Labute approximate surface area is 125 Å². The van der Waals surface area contributed by atoms with Crippen molar-refractivity contribution in [3.05, 3.63) is 66.0 Å². The smallest absolute Gasteiger partial charge is 0.0521 e. The SMILES string of the molecule is CNC(CCc1cnn(C)c1)c1cccc2ccccc12. The first-order valence-corrected chi connectivity index (χ1v) is 7.40. The molecule has 108 valence electrons. The highest BCUT2D eigenvalue weighted by molar-refractivity contribution is 5.86. The summed E-state index contributed by atoms with van der Waals surface area (Å²) in [5.74, 6) is 0. The van der Waals surface area contributed by atoms with Crippen molar-refractivity contribution in [2.45, 2.75) is 18.9 Å². The standard InChI is InChI=1S/C18H21N3/c1-19-18(11-10-14-12-20-21(2)13-14)17-9-5-7-15-6-3-4-8-16(15)17/h3-9,12-13,18-19H,10-11H2,1-2H3. The van der Waals surface area contributed by atoms with Crippen LogP contribution >= 0.6 is 0 Å². The van der Waals surface area contributed by atoms with Crippen LogP contribution in [0.1, 0.15) is 23.6 Å². The Morgan fingerprint density at radius 1 is 1.14 bits per heavy atom. The van der Waals surface area contributed by atoms with Gasteiger partial charge in [-0.15, -0.1) is 0 Å². The number of fused-ring (bicyclic) bond motifs is 1. The molecule has 1 unspecified atom stereocenters. The summed E-state index contributed by atoms with van der Waals surface area (Å²) in [6.07, 6.45) is 6.14. The Morgan fingerprint density at radius 2 is 1.95 bits per heavy atom. The predicted octanol–water partition coefficient (Wildman–Crippen LogP) is 3.47. The van der Waals surface area contributed by atoms with Crippen molar-refractivity contribution >= 4 is 10.8 Å². The van der Waals surface area contributed by atoms with Gasteiger partial charge in [0.05, 0.1) is 6.20 Å². The summed E-state index contributed by atoms with van der Waals surface area (Å²) in [6.45, 7) is 0. The normalized spacial score (nSPS) is 12.7. The number of rotatable bonds is 5. The van der Waals surface area contributed by atoms with Crippen LogP contribution in [-0.4, -0.2) is 16.8 Å². The van der Waals surface area contributed by atoms with E-state index in [0.717, 1.165) is 12.8 Å². The van der Waals surface area contributed by atoms with Gasteiger partial charge in [-0.25, -0.2) is 0 Å². The maximum atomic E-state index is 4.24. The third-order valence-electron chi connectivity index (χ3n) is 4.03. The molecule has 0 aliphatic carbocycles. The molecule has 0 bridgehead atoms. The maximum Gasteiger partial charge on any atom is 0.0521 e. The zero-order valence-corrected chi connectivity index (χ0v) is 12.6. The van der Waals surface area contributed by atoms with Gasteiger partial charge in [0.1, 0.15) is 0 Å². The largest absolute Gasteiger partial charge is 0.313 e. The topological polar surface area (TPSA) is 29.9 Å². The second kappa shape index (κ2) is 6.10. The minimum atomic E-state index is 0.358. The predicted molar refractivity (Wildman–Crippen MR) is 87.3 cm³/mol. The van der Waals surface area contributed by atoms with Crippen molar-refractivity contribution in [1.82, 2.24) is 15.1 Å². The van der Waals surface area contributed by atoms with Crippen molar-refractivity contribution in [1.29, 1.82) is 0 Å². The van der Waals surface area contributed by atoms with E-state index in [0.29, 0.717) is 6.04 Å². The van der Waals surface area contributed by atoms with Gasteiger partial charge in [-0.1, -0.05) is 42.5 Å². The van der Waals surface area contributed by atoms with Gasteiger partial charge in [-0.3, -0.25) is 4.68 Å². The summed E-state index contributed by atoms with van der Waals surface area (Å²) in [7, 11) is 4.00. The molecule has 3 rings (SSSR count). The highest BCUT2D eigenvalue weighted by Gasteiger charge is 2.12. The fourth-order valence-corrected chi connectivity index (χ4v) is 2.92. The molecule has 1 heterocycles. The average Bonchev–Trinajstić information content (AvgIpc) is 2.93. The van der Waals surface area contributed by atoms with Gasteiger partial charge >= 0.3 is 0 Å². The molecule has 0 saturated heterocycles. The summed E-state index contributed by atoms with van der Waals surface area (Å²) in [6, 6.07) is 15.5. The van der Waals surface area contributed by atoms with Crippen LogP contribution in [0.15, 0.2) is 54.9 Å². The van der Waals surface area contributed by atoms with Crippen LogP contribution in [0.2, 0.25) is 0 Å². The highest BCUT2D eigenvalue weighted by Crippen LogP contribution is 2.27. The van der Waals surface area contributed by atoms with E-state index in [4.69, 9.17) is 0 Å². The first-order valence-electron chi connectivity index (χ1n) is 7.40. The van der Waals surface area contributed by atoms with Gasteiger partial charge in [0, 0.05) is 19.3 Å². The number of hydrogen-bond donors (Lipinski definition) is 1. The molecule has 0 spiro atoms. The maximum absolute atomic E-state index is 4.24. The molecule has 1 N–H and O–H groups in total. The summed E-state index contributed by atoms with van der Waals surface area (Å²) in [5.41, 5.74) is 2.66. The lowest BCUT2D eigenvalue weighted by Crippen LogP contribution is -2.17. The molecule has 0 amide bonds. The van der Waals surface area contributed by atoms with Crippen LogP contribution in [0.5, 0.6) is 0 Å². The van der Waals surface area contributed by atoms with Crippen molar-refractivity contribution in [3.63, 3.8) is 0 Å². The molecular weight excluding hydrogens is 258 g/mol. The zero-order chi connectivity index (χ0) is 14.7. The third-order valence-corrected chi connectivity index (χ3v) is 4.03. The van der Waals surface area contributed by atoms with Crippen molar-refractivity contribution in [3.8, 4) is 0 Å². The lowest BCUT2D eigenvalue weighted by Gasteiger charge is -2.18. The minimum Gasteiger partial charge on any atom is -0.313 e. The van der Waals surface area contributed by atoms with E-state index in [-0.39, 0.29) is 0 Å². The van der Waals surface area contributed by atoms with Crippen LogP contribution in [-0.2, 0) is 13.5 Å². The number of benzene rings is 2. The molecule has 1 aromatic heterocycles. The fraction of sp³-hybridized carbons (Fsp3) is 0.278. The summed E-state index contributed by atoms with van der Waals surface area (Å²) < 4.78 is 1.86. The third kappa shape index (κ3) is 2.98. The van der Waals surface area contributed by atoms with E-state index in [1.54, 1.807) is 0 Å². The lowest BCUT2D eigenvalue weighted by molar-refractivity contribution is 0.553. The van der Waals surface area contributed by atoms with Crippen LogP contribution in [0.3, 0.4) is 0 Å². The van der Waals surface area contributed by atoms with E-state index < -0.39 is 0 Å². The second-order valence-electron chi connectivity index (χ2n) is 5.47. The van der Waals surface area contributed by atoms with Crippen LogP contribution in [0, 0.1) is 0 Å². The molecule has 0 fully saturated rings. The molecule has 3 heteroatoms. The second-order valence-corrected chi connectivity index (χ2v) is 5.47. The van der Waals surface area contributed by atoms with Gasteiger partial charge in [-0.2, -0.15) is 5.10 Å². The van der Waals surface area contributed by atoms with Crippen molar-refractivity contribution in [2.24, 2.45) is 7.05 Å². The van der Waals surface area contributed by atoms with E-state index in [1.165, 1.54) is 21.9 Å². The van der Waals surface area contributed by atoms with Crippen LogP contribution < -0.4 is 5.32 Å². The molecular formula is C18H21N3. The Kier molecular flexibility index (Phi) is 4.02. The summed E-state index contributed by atoms with van der Waals surface area (Å²) in [4.78, 5) is 0. The molecule has 0 radical (unpaired) electrons. The molecule has 1 atom stereocenters. The summed E-state index contributed by atoms with van der Waals surface area (Å²) >= 11 is 0.